The summed E-state index contributed by atoms with van der Waals surface area (Å²) in [4.78, 5) is 20.6. The lowest BCUT2D eigenvalue weighted by Crippen LogP contribution is -2.16. The molecule has 3 rings (SSSR count). The standard InChI is InChI=1S/C17H17N3O6/c21-19(22)13-5-8-16(17(10-13)20(23)24)18-12-3-6-14(7-4-12)26-11-15-2-1-9-25-15/h3-8,10,15,18H,1-2,9,11H2. The van der Waals surface area contributed by atoms with E-state index in [0.717, 1.165) is 25.5 Å². The predicted octanol–water partition coefficient (Wildman–Crippen LogP) is 3.80. The SMILES string of the molecule is O=[N+]([O-])c1ccc(Nc2ccc(OCC3CCCO3)cc2)c([N+](=O)[O-])c1. The molecule has 0 aliphatic carbocycles. The Bertz CT molecular complexity index is 803. The molecule has 0 saturated carbocycles. The summed E-state index contributed by atoms with van der Waals surface area (Å²) in [6, 6.07) is 10.4. The molecule has 9 nitrogen and oxygen atoms in total. The van der Waals surface area contributed by atoms with Crippen LogP contribution < -0.4 is 10.1 Å². The highest BCUT2D eigenvalue weighted by atomic mass is 16.6. The Morgan fingerprint density at radius 1 is 1.12 bits per heavy atom. The zero-order valence-electron chi connectivity index (χ0n) is 13.8. The van der Waals surface area contributed by atoms with Gasteiger partial charge in [0.2, 0.25) is 0 Å². The lowest BCUT2D eigenvalue weighted by molar-refractivity contribution is -0.393. The number of nitrogens with zero attached hydrogens (tertiary/aromatic N) is 2. The van der Waals surface area contributed by atoms with Crippen LogP contribution in [0.1, 0.15) is 12.8 Å². The Morgan fingerprint density at radius 2 is 1.88 bits per heavy atom. The second-order valence-electron chi connectivity index (χ2n) is 5.81. The largest absolute Gasteiger partial charge is 0.491 e. The smallest absolute Gasteiger partial charge is 0.299 e. The Hall–Kier alpha value is -3.20. The van der Waals surface area contributed by atoms with Crippen LogP contribution in [0.5, 0.6) is 5.75 Å². The molecule has 2 aromatic rings. The highest BCUT2D eigenvalue weighted by molar-refractivity contribution is 5.71. The first-order chi connectivity index (χ1) is 12.5. The molecule has 1 unspecified atom stereocenters. The van der Waals surface area contributed by atoms with Crippen LogP contribution in [0.15, 0.2) is 42.5 Å². The first-order valence-corrected chi connectivity index (χ1v) is 8.07. The quantitative estimate of drug-likeness (QED) is 0.590. The van der Waals surface area contributed by atoms with E-state index in [1.807, 2.05) is 0 Å². The van der Waals surface area contributed by atoms with Crippen molar-refractivity contribution >= 4 is 22.7 Å². The van der Waals surface area contributed by atoms with Crippen molar-refractivity contribution < 1.29 is 19.3 Å². The molecule has 9 heteroatoms. The van der Waals surface area contributed by atoms with Crippen LogP contribution in [-0.4, -0.2) is 29.2 Å². The van der Waals surface area contributed by atoms with Gasteiger partial charge in [-0.2, -0.15) is 0 Å². The molecule has 1 heterocycles. The van der Waals surface area contributed by atoms with Crippen LogP contribution in [0.25, 0.3) is 0 Å². The van der Waals surface area contributed by atoms with Crippen molar-refractivity contribution in [1.82, 2.24) is 0 Å². The molecule has 1 saturated heterocycles. The van der Waals surface area contributed by atoms with E-state index in [0.29, 0.717) is 18.0 Å². The van der Waals surface area contributed by atoms with Gasteiger partial charge in [-0.25, -0.2) is 0 Å². The third-order valence-electron chi connectivity index (χ3n) is 3.98. The van der Waals surface area contributed by atoms with Crippen LogP contribution >= 0.6 is 0 Å². The molecule has 0 radical (unpaired) electrons. The number of nitro benzene ring substituents is 2. The minimum atomic E-state index is -0.670. The fourth-order valence-corrected chi connectivity index (χ4v) is 2.65. The second kappa shape index (κ2) is 7.79. The number of ether oxygens (including phenoxy) is 2. The summed E-state index contributed by atoms with van der Waals surface area (Å²) < 4.78 is 11.2. The number of hydrogen-bond acceptors (Lipinski definition) is 7. The molecule has 0 bridgehead atoms. The van der Waals surface area contributed by atoms with Crippen molar-refractivity contribution in [2.24, 2.45) is 0 Å². The van der Waals surface area contributed by atoms with E-state index in [-0.39, 0.29) is 23.2 Å². The van der Waals surface area contributed by atoms with Crippen LogP contribution in [0, 0.1) is 20.2 Å². The molecule has 0 spiro atoms. The predicted molar refractivity (Wildman–Crippen MR) is 93.9 cm³/mol. The van der Waals surface area contributed by atoms with Gasteiger partial charge in [0.1, 0.15) is 18.0 Å². The lowest BCUT2D eigenvalue weighted by atomic mass is 10.2. The Kier molecular flexibility index (Phi) is 5.28. The Labute approximate surface area is 148 Å². The number of benzene rings is 2. The van der Waals surface area contributed by atoms with Gasteiger partial charge in [0.15, 0.2) is 0 Å². The normalized spacial score (nSPS) is 16.2. The van der Waals surface area contributed by atoms with Gasteiger partial charge in [0, 0.05) is 18.4 Å². The van der Waals surface area contributed by atoms with Crippen molar-refractivity contribution in [3.8, 4) is 5.75 Å². The minimum Gasteiger partial charge on any atom is -0.491 e. The summed E-state index contributed by atoms with van der Waals surface area (Å²) in [5.41, 5.74) is 0.0816. The maximum Gasteiger partial charge on any atom is 0.299 e. The van der Waals surface area contributed by atoms with E-state index in [9.17, 15) is 20.2 Å². The summed E-state index contributed by atoms with van der Waals surface area (Å²) in [6.45, 7) is 1.26. The number of non-ortho nitro benzene ring substituents is 1. The average molecular weight is 359 g/mol. The number of rotatable bonds is 7. The maximum atomic E-state index is 11.2. The van der Waals surface area contributed by atoms with Crippen molar-refractivity contribution in [2.45, 2.75) is 18.9 Å². The average Bonchev–Trinajstić information content (AvgIpc) is 3.14. The zero-order chi connectivity index (χ0) is 18.5. The second-order valence-corrected chi connectivity index (χ2v) is 5.81. The molecule has 1 fully saturated rings. The van der Waals surface area contributed by atoms with Crippen molar-refractivity contribution in [2.75, 3.05) is 18.5 Å². The molecule has 26 heavy (non-hydrogen) atoms. The van der Waals surface area contributed by atoms with Crippen LogP contribution in [-0.2, 0) is 4.74 Å². The van der Waals surface area contributed by atoms with Gasteiger partial charge in [0.25, 0.3) is 11.4 Å². The fraction of sp³-hybridized carbons (Fsp3) is 0.294. The maximum absolute atomic E-state index is 11.2. The summed E-state index contributed by atoms with van der Waals surface area (Å²) in [6.07, 6.45) is 2.16. The van der Waals surface area contributed by atoms with Gasteiger partial charge >= 0.3 is 0 Å². The third kappa shape index (κ3) is 4.25. The van der Waals surface area contributed by atoms with Gasteiger partial charge in [-0.05, 0) is 43.2 Å². The van der Waals surface area contributed by atoms with Gasteiger partial charge in [-0.15, -0.1) is 0 Å². The van der Waals surface area contributed by atoms with E-state index in [1.165, 1.54) is 12.1 Å². The molecule has 2 aromatic carbocycles. The molecular formula is C17H17N3O6. The van der Waals surface area contributed by atoms with Crippen LogP contribution in [0.3, 0.4) is 0 Å². The molecule has 1 aliphatic heterocycles. The van der Waals surface area contributed by atoms with E-state index < -0.39 is 9.85 Å². The first-order valence-electron chi connectivity index (χ1n) is 8.07. The zero-order valence-corrected chi connectivity index (χ0v) is 13.8. The third-order valence-corrected chi connectivity index (χ3v) is 3.98. The topological polar surface area (TPSA) is 117 Å². The van der Waals surface area contributed by atoms with Gasteiger partial charge < -0.3 is 14.8 Å². The first kappa shape index (κ1) is 17.6. The molecule has 1 N–H and O–H groups in total. The summed E-state index contributed by atoms with van der Waals surface area (Å²) in [7, 11) is 0. The van der Waals surface area contributed by atoms with Crippen LogP contribution in [0.4, 0.5) is 22.7 Å². The molecule has 0 aromatic heterocycles. The molecular weight excluding hydrogens is 342 g/mol. The van der Waals surface area contributed by atoms with Crippen LogP contribution in [0.2, 0.25) is 0 Å². The van der Waals surface area contributed by atoms with Gasteiger partial charge in [0.05, 0.1) is 22.0 Å². The number of anilines is 2. The highest BCUT2D eigenvalue weighted by Gasteiger charge is 2.19. The molecule has 1 aliphatic rings. The minimum absolute atomic E-state index is 0.121. The highest BCUT2D eigenvalue weighted by Crippen LogP contribution is 2.31. The summed E-state index contributed by atoms with van der Waals surface area (Å²) in [5, 5.41) is 24.8. The summed E-state index contributed by atoms with van der Waals surface area (Å²) >= 11 is 0. The van der Waals surface area contributed by atoms with E-state index >= 15 is 0 Å². The molecule has 0 amide bonds. The number of hydrogen-bond donors (Lipinski definition) is 1. The van der Waals surface area contributed by atoms with Crippen molar-refractivity contribution in [3.63, 3.8) is 0 Å². The Balaban J connectivity index is 1.68. The van der Waals surface area contributed by atoms with Crippen molar-refractivity contribution in [3.05, 3.63) is 62.7 Å². The number of nitro groups is 2. The van der Waals surface area contributed by atoms with E-state index in [1.54, 1.807) is 24.3 Å². The Morgan fingerprint density at radius 3 is 2.50 bits per heavy atom. The monoisotopic (exact) mass is 359 g/mol. The van der Waals surface area contributed by atoms with Crippen molar-refractivity contribution in [1.29, 1.82) is 0 Å². The fourth-order valence-electron chi connectivity index (χ4n) is 2.65. The summed E-state index contributed by atoms with van der Waals surface area (Å²) in [5.74, 6) is 0.671. The molecule has 1 atom stereocenters. The van der Waals surface area contributed by atoms with E-state index in [2.05, 4.69) is 5.32 Å². The van der Waals surface area contributed by atoms with Gasteiger partial charge in [-0.1, -0.05) is 0 Å². The van der Waals surface area contributed by atoms with Gasteiger partial charge in [-0.3, -0.25) is 20.2 Å². The number of nitrogens with one attached hydrogen (secondary N) is 1. The lowest BCUT2D eigenvalue weighted by Gasteiger charge is -2.12. The van der Waals surface area contributed by atoms with E-state index in [4.69, 9.17) is 9.47 Å². The molecule has 136 valence electrons.